The SMILES string of the molecule is CCN(CC)CCN(CC(C)C)C(=O)[C@H]1CC(=O)N(C(C)C)C1. The molecule has 0 saturated carbocycles. The molecule has 1 fully saturated rings. The van der Waals surface area contributed by atoms with E-state index in [1.54, 1.807) is 0 Å². The van der Waals surface area contributed by atoms with Gasteiger partial charge in [-0.05, 0) is 32.9 Å². The topological polar surface area (TPSA) is 43.9 Å². The van der Waals surface area contributed by atoms with Crippen molar-refractivity contribution < 1.29 is 9.59 Å². The van der Waals surface area contributed by atoms with Crippen molar-refractivity contribution in [2.45, 2.75) is 54.0 Å². The van der Waals surface area contributed by atoms with Gasteiger partial charge in [-0.1, -0.05) is 27.7 Å². The van der Waals surface area contributed by atoms with Crippen LogP contribution in [-0.4, -0.2) is 71.8 Å². The van der Waals surface area contributed by atoms with Crippen molar-refractivity contribution in [3.63, 3.8) is 0 Å². The Labute approximate surface area is 142 Å². The summed E-state index contributed by atoms with van der Waals surface area (Å²) in [6.07, 6.45) is 0.372. The van der Waals surface area contributed by atoms with Crippen LogP contribution in [0.4, 0.5) is 0 Å². The van der Waals surface area contributed by atoms with Gasteiger partial charge in [0.05, 0.1) is 5.92 Å². The fraction of sp³-hybridized carbons (Fsp3) is 0.889. The van der Waals surface area contributed by atoms with E-state index in [2.05, 4.69) is 32.6 Å². The molecule has 1 rings (SSSR count). The Morgan fingerprint density at radius 1 is 1.17 bits per heavy atom. The Bertz CT molecular complexity index is 392. The highest BCUT2D eigenvalue weighted by Gasteiger charge is 2.37. The number of likely N-dealkylation sites (tertiary alicyclic amines) is 1. The molecule has 2 amide bonds. The molecule has 134 valence electrons. The molecule has 0 aromatic carbocycles. The van der Waals surface area contributed by atoms with Gasteiger partial charge in [-0.2, -0.15) is 0 Å². The van der Waals surface area contributed by atoms with E-state index in [9.17, 15) is 9.59 Å². The second-order valence-corrected chi connectivity index (χ2v) is 7.25. The van der Waals surface area contributed by atoms with Gasteiger partial charge >= 0.3 is 0 Å². The minimum absolute atomic E-state index is 0.117. The zero-order chi connectivity index (χ0) is 17.6. The van der Waals surface area contributed by atoms with E-state index in [4.69, 9.17) is 0 Å². The van der Waals surface area contributed by atoms with Crippen LogP contribution in [0.2, 0.25) is 0 Å². The average molecular weight is 325 g/mol. The third-order valence-corrected chi connectivity index (χ3v) is 4.61. The van der Waals surface area contributed by atoms with Crippen molar-refractivity contribution in [1.82, 2.24) is 14.7 Å². The molecule has 1 saturated heterocycles. The van der Waals surface area contributed by atoms with Crippen molar-refractivity contribution >= 4 is 11.8 Å². The minimum Gasteiger partial charge on any atom is -0.341 e. The third kappa shape index (κ3) is 5.79. The van der Waals surface area contributed by atoms with E-state index >= 15 is 0 Å². The van der Waals surface area contributed by atoms with Gasteiger partial charge in [0.1, 0.15) is 0 Å². The average Bonchev–Trinajstić information content (AvgIpc) is 2.88. The van der Waals surface area contributed by atoms with Gasteiger partial charge in [-0.25, -0.2) is 0 Å². The Balaban J connectivity index is 2.70. The Morgan fingerprint density at radius 2 is 1.78 bits per heavy atom. The van der Waals surface area contributed by atoms with Crippen LogP contribution >= 0.6 is 0 Å². The van der Waals surface area contributed by atoms with Gasteiger partial charge in [0.2, 0.25) is 11.8 Å². The Hall–Kier alpha value is -1.10. The highest BCUT2D eigenvalue weighted by Crippen LogP contribution is 2.22. The second-order valence-electron chi connectivity index (χ2n) is 7.25. The van der Waals surface area contributed by atoms with Crippen LogP contribution in [0.5, 0.6) is 0 Å². The second kappa shape index (κ2) is 9.26. The lowest BCUT2D eigenvalue weighted by Crippen LogP contribution is -2.44. The van der Waals surface area contributed by atoms with Crippen LogP contribution in [0.15, 0.2) is 0 Å². The summed E-state index contributed by atoms with van der Waals surface area (Å²) in [5, 5.41) is 0. The van der Waals surface area contributed by atoms with Gasteiger partial charge in [0, 0.05) is 38.6 Å². The summed E-state index contributed by atoms with van der Waals surface area (Å²) in [4.78, 5) is 31.1. The number of nitrogens with zero attached hydrogens (tertiary/aromatic N) is 3. The molecule has 0 bridgehead atoms. The lowest BCUT2D eigenvalue weighted by molar-refractivity contribution is -0.136. The van der Waals surface area contributed by atoms with Crippen LogP contribution in [-0.2, 0) is 9.59 Å². The molecule has 1 aliphatic rings. The van der Waals surface area contributed by atoms with Gasteiger partial charge < -0.3 is 14.7 Å². The maximum Gasteiger partial charge on any atom is 0.228 e. The first-order chi connectivity index (χ1) is 10.8. The lowest BCUT2D eigenvalue weighted by atomic mass is 10.1. The number of rotatable bonds is 9. The largest absolute Gasteiger partial charge is 0.341 e. The first-order valence-electron chi connectivity index (χ1n) is 9.10. The van der Waals surface area contributed by atoms with Gasteiger partial charge in [-0.15, -0.1) is 0 Å². The molecule has 0 N–H and O–H groups in total. The number of carbonyl (C=O) groups is 2. The van der Waals surface area contributed by atoms with Crippen LogP contribution in [0.3, 0.4) is 0 Å². The first kappa shape index (κ1) is 19.9. The van der Waals surface area contributed by atoms with E-state index in [-0.39, 0.29) is 23.8 Å². The number of hydrogen-bond acceptors (Lipinski definition) is 3. The van der Waals surface area contributed by atoms with Crippen LogP contribution in [0.25, 0.3) is 0 Å². The molecule has 1 heterocycles. The summed E-state index contributed by atoms with van der Waals surface area (Å²) in [5.74, 6) is 0.545. The maximum absolute atomic E-state index is 12.9. The van der Waals surface area contributed by atoms with E-state index < -0.39 is 0 Å². The molecule has 1 atom stereocenters. The summed E-state index contributed by atoms with van der Waals surface area (Å²) >= 11 is 0. The van der Waals surface area contributed by atoms with E-state index in [1.807, 2.05) is 23.6 Å². The van der Waals surface area contributed by atoms with E-state index in [0.29, 0.717) is 18.9 Å². The predicted octanol–water partition coefficient (Wildman–Crippen LogP) is 2.07. The summed E-state index contributed by atoms with van der Waals surface area (Å²) < 4.78 is 0. The molecule has 0 spiro atoms. The van der Waals surface area contributed by atoms with Crippen LogP contribution < -0.4 is 0 Å². The fourth-order valence-corrected chi connectivity index (χ4v) is 3.19. The minimum atomic E-state index is -0.166. The van der Waals surface area contributed by atoms with E-state index in [1.165, 1.54) is 0 Å². The van der Waals surface area contributed by atoms with Crippen molar-refractivity contribution in [1.29, 1.82) is 0 Å². The summed E-state index contributed by atoms with van der Waals surface area (Å²) in [7, 11) is 0. The van der Waals surface area contributed by atoms with Gasteiger partial charge in [-0.3, -0.25) is 9.59 Å². The quantitative estimate of drug-likeness (QED) is 0.652. The molecule has 0 aromatic rings. The van der Waals surface area contributed by atoms with Crippen molar-refractivity contribution in [3.8, 4) is 0 Å². The standard InChI is InChI=1S/C18H35N3O2/c1-7-19(8-2)9-10-20(12-14(3)4)18(23)16-11-17(22)21(13-16)15(5)6/h14-16H,7-13H2,1-6H3/t16-/m0/s1. The molecule has 5 heteroatoms. The third-order valence-electron chi connectivity index (χ3n) is 4.61. The molecule has 5 nitrogen and oxygen atoms in total. The molecule has 23 heavy (non-hydrogen) atoms. The molecule has 0 unspecified atom stereocenters. The smallest absolute Gasteiger partial charge is 0.228 e. The van der Waals surface area contributed by atoms with Crippen molar-refractivity contribution in [3.05, 3.63) is 0 Å². The maximum atomic E-state index is 12.9. The molecular weight excluding hydrogens is 290 g/mol. The molecule has 0 aliphatic carbocycles. The number of amides is 2. The van der Waals surface area contributed by atoms with Gasteiger partial charge in [0.25, 0.3) is 0 Å². The summed E-state index contributed by atoms with van der Waals surface area (Å²) in [6, 6.07) is 0.175. The molecule has 0 radical (unpaired) electrons. The zero-order valence-electron chi connectivity index (χ0n) is 15.8. The highest BCUT2D eigenvalue weighted by atomic mass is 16.2. The zero-order valence-corrected chi connectivity index (χ0v) is 15.8. The van der Waals surface area contributed by atoms with Crippen LogP contribution in [0.1, 0.15) is 48.0 Å². The summed E-state index contributed by atoms with van der Waals surface area (Å²) in [5.41, 5.74) is 0. The molecule has 1 aliphatic heterocycles. The summed E-state index contributed by atoms with van der Waals surface area (Å²) in [6.45, 7) is 17.6. The number of likely N-dealkylation sites (N-methyl/N-ethyl adjacent to an activating group) is 1. The monoisotopic (exact) mass is 325 g/mol. The predicted molar refractivity (Wildman–Crippen MR) is 94.2 cm³/mol. The molecule has 0 aromatic heterocycles. The fourth-order valence-electron chi connectivity index (χ4n) is 3.19. The van der Waals surface area contributed by atoms with Crippen molar-refractivity contribution in [2.24, 2.45) is 11.8 Å². The molecular formula is C18H35N3O2. The lowest BCUT2D eigenvalue weighted by Gasteiger charge is -2.30. The Kier molecular flexibility index (Phi) is 8.03. The normalized spacial score (nSPS) is 18.6. The number of hydrogen-bond donors (Lipinski definition) is 0. The van der Waals surface area contributed by atoms with Crippen LogP contribution in [0, 0.1) is 11.8 Å². The van der Waals surface area contributed by atoms with Gasteiger partial charge in [0.15, 0.2) is 0 Å². The Morgan fingerprint density at radius 3 is 2.22 bits per heavy atom. The van der Waals surface area contributed by atoms with E-state index in [0.717, 1.165) is 32.7 Å². The number of carbonyl (C=O) groups excluding carboxylic acids is 2. The van der Waals surface area contributed by atoms with Crippen molar-refractivity contribution in [2.75, 3.05) is 39.3 Å². The first-order valence-corrected chi connectivity index (χ1v) is 9.10. The highest BCUT2D eigenvalue weighted by molar-refractivity contribution is 5.89.